The summed E-state index contributed by atoms with van der Waals surface area (Å²) in [5.74, 6) is 0.649. The lowest BCUT2D eigenvalue weighted by Crippen LogP contribution is -2.22. The quantitative estimate of drug-likeness (QED) is 0.612. The van der Waals surface area contributed by atoms with Crippen molar-refractivity contribution in [3.63, 3.8) is 0 Å². The predicted octanol–water partition coefficient (Wildman–Crippen LogP) is 2.79. The number of imidazole rings is 1. The smallest absolute Gasteiger partial charge is 0.242 e. The number of fused-ring (bicyclic) bond motifs is 1. The first kappa shape index (κ1) is 20.8. The van der Waals surface area contributed by atoms with Crippen LogP contribution < -0.4 is 5.32 Å². The van der Waals surface area contributed by atoms with Crippen LogP contribution in [0.2, 0.25) is 4.34 Å². The van der Waals surface area contributed by atoms with Gasteiger partial charge in [-0.2, -0.15) is 0 Å². The minimum absolute atomic E-state index is 0.0764. The molecule has 0 atom stereocenters. The summed E-state index contributed by atoms with van der Waals surface area (Å²) >= 11 is 7.32. The van der Waals surface area contributed by atoms with Gasteiger partial charge in [-0.1, -0.05) is 11.6 Å². The normalized spacial score (nSPS) is 12.0. The van der Waals surface area contributed by atoms with Crippen molar-refractivity contribution in [2.75, 3.05) is 14.1 Å². The van der Waals surface area contributed by atoms with E-state index < -0.39 is 10.0 Å². The maximum atomic E-state index is 12.3. The van der Waals surface area contributed by atoms with E-state index in [0.29, 0.717) is 29.2 Å². The van der Waals surface area contributed by atoms with Crippen LogP contribution >= 0.6 is 22.9 Å². The van der Waals surface area contributed by atoms with E-state index in [9.17, 15) is 13.2 Å². The van der Waals surface area contributed by atoms with Crippen LogP contribution in [-0.2, 0) is 34.8 Å². The number of halogens is 1. The lowest BCUT2D eigenvalue weighted by Gasteiger charge is -2.10. The minimum Gasteiger partial charge on any atom is -0.351 e. The fraction of sp³-hybridized carbons (Fsp3) is 0.333. The van der Waals surface area contributed by atoms with E-state index in [0.717, 1.165) is 16.2 Å². The molecule has 0 aliphatic rings. The van der Waals surface area contributed by atoms with E-state index >= 15 is 0 Å². The number of carbonyl (C=O) groups is 1. The summed E-state index contributed by atoms with van der Waals surface area (Å²) in [5, 5.41) is 2.87. The van der Waals surface area contributed by atoms with Crippen molar-refractivity contribution in [1.29, 1.82) is 0 Å². The SMILES string of the molecule is CN(C)S(=O)(=O)c1ccc2c(c1)nc(CCC(=O)NCc1ccc(Cl)s1)n2C. The molecule has 2 aromatic heterocycles. The van der Waals surface area contributed by atoms with E-state index in [1.807, 2.05) is 17.7 Å². The molecule has 1 amide bonds. The van der Waals surface area contributed by atoms with Crippen molar-refractivity contribution in [3.05, 3.63) is 45.4 Å². The van der Waals surface area contributed by atoms with Crippen molar-refractivity contribution < 1.29 is 13.2 Å². The van der Waals surface area contributed by atoms with Crippen LogP contribution in [0.5, 0.6) is 0 Å². The summed E-state index contributed by atoms with van der Waals surface area (Å²) in [6.45, 7) is 0.449. The Morgan fingerprint density at radius 3 is 2.68 bits per heavy atom. The highest BCUT2D eigenvalue weighted by molar-refractivity contribution is 7.89. The summed E-state index contributed by atoms with van der Waals surface area (Å²) in [5.41, 5.74) is 1.41. The molecule has 0 unspecified atom stereocenters. The number of nitrogens with one attached hydrogen (secondary N) is 1. The number of benzene rings is 1. The van der Waals surface area contributed by atoms with Crippen LogP contribution in [-0.4, -0.2) is 42.3 Å². The van der Waals surface area contributed by atoms with Gasteiger partial charge < -0.3 is 9.88 Å². The molecule has 10 heteroatoms. The van der Waals surface area contributed by atoms with E-state index in [1.54, 1.807) is 24.3 Å². The summed E-state index contributed by atoms with van der Waals surface area (Å²) in [6.07, 6.45) is 0.747. The second kappa shape index (κ2) is 8.20. The van der Waals surface area contributed by atoms with Crippen LogP contribution in [0.25, 0.3) is 11.0 Å². The molecule has 3 rings (SSSR count). The standard InChI is InChI=1S/C18H21ClN4O3S2/c1-22(2)28(25,26)13-5-6-15-14(10-13)21-17(23(15)3)8-9-18(24)20-11-12-4-7-16(19)27-12/h4-7,10H,8-9,11H2,1-3H3,(H,20,24). The number of thiophene rings is 1. The number of carbonyl (C=O) groups excluding carboxylic acids is 1. The third-order valence-corrected chi connectivity index (χ3v) is 7.43. The second-order valence-corrected chi connectivity index (χ2v) is 10.5. The number of hydrogen-bond donors (Lipinski definition) is 1. The third kappa shape index (κ3) is 4.38. The molecule has 2 heterocycles. The van der Waals surface area contributed by atoms with Crippen molar-refractivity contribution in [3.8, 4) is 0 Å². The number of sulfonamides is 1. The molecule has 0 aliphatic carbocycles. The maximum Gasteiger partial charge on any atom is 0.242 e. The van der Waals surface area contributed by atoms with Gasteiger partial charge in [-0.05, 0) is 30.3 Å². The predicted molar refractivity (Wildman–Crippen MR) is 111 cm³/mol. The van der Waals surface area contributed by atoms with E-state index in [1.165, 1.54) is 29.7 Å². The molecule has 28 heavy (non-hydrogen) atoms. The Balaban J connectivity index is 1.69. The highest BCUT2D eigenvalue weighted by Gasteiger charge is 2.19. The third-order valence-electron chi connectivity index (χ3n) is 4.39. The van der Waals surface area contributed by atoms with Crippen molar-refractivity contribution in [2.24, 2.45) is 7.05 Å². The molecule has 1 aromatic carbocycles. The van der Waals surface area contributed by atoms with Gasteiger partial charge in [0.2, 0.25) is 15.9 Å². The molecular weight excluding hydrogens is 420 g/mol. The summed E-state index contributed by atoms with van der Waals surface area (Å²) in [6, 6.07) is 8.57. The Morgan fingerprint density at radius 1 is 1.29 bits per heavy atom. The zero-order chi connectivity index (χ0) is 20.5. The van der Waals surface area contributed by atoms with Gasteiger partial charge in [0, 0.05) is 38.9 Å². The van der Waals surface area contributed by atoms with E-state index in [4.69, 9.17) is 11.6 Å². The first-order valence-electron chi connectivity index (χ1n) is 8.57. The van der Waals surface area contributed by atoms with Crippen LogP contribution in [0.3, 0.4) is 0 Å². The van der Waals surface area contributed by atoms with Crippen molar-refractivity contribution in [2.45, 2.75) is 24.3 Å². The van der Waals surface area contributed by atoms with Crippen LogP contribution in [0.4, 0.5) is 0 Å². The summed E-state index contributed by atoms with van der Waals surface area (Å²) < 4.78 is 28.4. The fourth-order valence-electron chi connectivity index (χ4n) is 2.77. The van der Waals surface area contributed by atoms with Gasteiger partial charge in [-0.15, -0.1) is 11.3 Å². The second-order valence-electron chi connectivity index (χ2n) is 6.51. The molecule has 0 saturated carbocycles. The molecule has 0 aliphatic heterocycles. The van der Waals surface area contributed by atoms with Crippen LogP contribution in [0.1, 0.15) is 17.1 Å². The minimum atomic E-state index is -3.52. The Labute approximate surface area is 173 Å². The molecular formula is C18H21ClN4O3S2. The van der Waals surface area contributed by atoms with Gasteiger partial charge >= 0.3 is 0 Å². The molecule has 0 fully saturated rings. The van der Waals surface area contributed by atoms with E-state index in [-0.39, 0.29) is 10.8 Å². The number of nitrogens with zero attached hydrogens (tertiary/aromatic N) is 3. The zero-order valence-electron chi connectivity index (χ0n) is 15.8. The summed E-state index contributed by atoms with van der Waals surface area (Å²) in [4.78, 5) is 17.8. The van der Waals surface area contributed by atoms with Crippen molar-refractivity contribution >= 4 is 49.9 Å². The average molecular weight is 441 g/mol. The number of aromatic nitrogens is 2. The number of hydrogen-bond acceptors (Lipinski definition) is 5. The molecule has 0 spiro atoms. The lowest BCUT2D eigenvalue weighted by atomic mass is 10.3. The molecule has 7 nitrogen and oxygen atoms in total. The molecule has 3 aromatic rings. The van der Waals surface area contributed by atoms with Gasteiger partial charge in [0.15, 0.2) is 0 Å². The van der Waals surface area contributed by atoms with Gasteiger partial charge in [0.1, 0.15) is 5.82 Å². The van der Waals surface area contributed by atoms with E-state index in [2.05, 4.69) is 10.3 Å². The fourth-order valence-corrected chi connectivity index (χ4v) is 4.72. The highest BCUT2D eigenvalue weighted by atomic mass is 35.5. The topological polar surface area (TPSA) is 84.3 Å². The van der Waals surface area contributed by atoms with Gasteiger partial charge in [0.05, 0.1) is 26.8 Å². The van der Waals surface area contributed by atoms with Gasteiger partial charge in [-0.3, -0.25) is 4.79 Å². The molecule has 0 bridgehead atoms. The first-order valence-corrected chi connectivity index (χ1v) is 11.2. The first-order chi connectivity index (χ1) is 13.2. The number of aryl methyl sites for hydroxylation is 2. The summed E-state index contributed by atoms with van der Waals surface area (Å²) in [7, 11) is 1.32. The monoisotopic (exact) mass is 440 g/mol. The molecule has 150 valence electrons. The average Bonchev–Trinajstić information content (AvgIpc) is 3.21. The Morgan fingerprint density at radius 2 is 2.04 bits per heavy atom. The Hall–Kier alpha value is -1.94. The Bertz CT molecular complexity index is 1120. The van der Waals surface area contributed by atoms with Crippen LogP contribution in [0.15, 0.2) is 35.2 Å². The number of rotatable bonds is 7. The Kier molecular flexibility index (Phi) is 6.09. The number of amides is 1. The lowest BCUT2D eigenvalue weighted by molar-refractivity contribution is -0.121. The molecule has 1 N–H and O–H groups in total. The van der Waals surface area contributed by atoms with Gasteiger partial charge in [-0.25, -0.2) is 17.7 Å². The maximum absolute atomic E-state index is 12.3. The van der Waals surface area contributed by atoms with Crippen LogP contribution in [0, 0.1) is 0 Å². The molecule has 0 saturated heterocycles. The van der Waals surface area contributed by atoms with Gasteiger partial charge in [0.25, 0.3) is 0 Å². The zero-order valence-corrected chi connectivity index (χ0v) is 18.2. The highest BCUT2D eigenvalue weighted by Crippen LogP contribution is 2.22. The largest absolute Gasteiger partial charge is 0.351 e. The van der Waals surface area contributed by atoms with Crippen molar-refractivity contribution in [1.82, 2.24) is 19.2 Å². The molecule has 0 radical (unpaired) electrons.